The Morgan fingerprint density at radius 1 is 1.07 bits per heavy atom. The average molecular weight is 395 g/mol. The van der Waals surface area contributed by atoms with Crippen molar-refractivity contribution in [1.29, 1.82) is 0 Å². The average Bonchev–Trinajstić information content (AvgIpc) is 3.28. The number of imidazole rings is 1. The largest absolute Gasteiger partial charge is 0.296 e. The molecule has 0 saturated carbocycles. The summed E-state index contributed by atoms with van der Waals surface area (Å²) in [6.07, 6.45) is 2.50. The number of rotatable bonds is 1. The maximum atomic E-state index is 8.36. The lowest BCUT2D eigenvalue weighted by Crippen LogP contribution is -2.32. The Hall–Kier alpha value is -3.53. The van der Waals surface area contributed by atoms with Crippen LogP contribution < -0.4 is 4.57 Å². The molecule has 0 atom stereocenters. The van der Waals surface area contributed by atoms with Gasteiger partial charge in [0, 0.05) is 16.1 Å². The van der Waals surface area contributed by atoms with Crippen molar-refractivity contribution < 1.29 is 8.68 Å². The molecule has 0 N–H and O–H groups in total. The first-order chi connectivity index (χ1) is 15.7. The minimum absolute atomic E-state index is 0.325. The molecule has 146 valence electrons. The zero-order valence-electron chi connectivity index (χ0n) is 20.2. The molecule has 0 saturated heterocycles. The van der Waals surface area contributed by atoms with Crippen molar-refractivity contribution in [2.75, 3.05) is 0 Å². The zero-order valence-corrected chi connectivity index (χ0v) is 17.2. The van der Waals surface area contributed by atoms with Crippen molar-refractivity contribution >= 4 is 21.9 Å². The van der Waals surface area contributed by atoms with E-state index in [1.54, 1.807) is 6.33 Å². The van der Waals surface area contributed by atoms with Crippen LogP contribution in [0, 0.1) is 20.7 Å². The first-order valence-electron chi connectivity index (χ1n) is 11.6. The number of aryl methyl sites for hydroxylation is 3. The van der Waals surface area contributed by atoms with Crippen LogP contribution in [0.4, 0.5) is 0 Å². The SMILES string of the molecule is [2H]C([2H])([2H])c1c(C)c(-c2c3ccc(C)cc3nc[n+]2C)cc2c1nc1n2-c2ccccc2C1. The maximum Gasteiger partial charge on any atom is 0.287 e. The van der Waals surface area contributed by atoms with Gasteiger partial charge in [0.05, 0.1) is 29.2 Å². The van der Waals surface area contributed by atoms with Gasteiger partial charge in [0.2, 0.25) is 0 Å². The molecule has 0 bridgehead atoms. The molecule has 2 aromatic heterocycles. The van der Waals surface area contributed by atoms with Gasteiger partial charge in [-0.3, -0.25) is 4.57 Å². The van der Waals surface area contributed by atoms with Crippen LogP contribution in [0.2, 0.25) is 0 Å². The first kappa shape index (κ1) is 14.5. The van der Waals surface area contributed by atoms with Crippen molar-refractivity contribution in [3.63, 3.8) is 0 Å². The smallest absolute Gasteiger partial charge is 0.287 e. The van der Waals surface area contributed by atoms with Crippen LogP contribution in [0.15, 0.2) is 54.9 Å². The van der Waals surface area contributed by atoms with Crippen LogP contribution in [-0.2, 0) is 13.5 Å². The van der Waals surface area contributed by atoms with E-state index in [4.69, 9.17) is 9.10 Å². The summed E-state index contributed by atoms with van der Waals surface area (Å²) < 4.78 is 29.2. The van der Waals surface area contributed by atoms with Crippen LogP contribution in [-0.4, -0.2) is 14.5 Å². The monoisotopic (exact) mass is 394 g/mol. The second-order valence-corrected chi connectivity index (χ2v) is 8.19. The molecule has 4 heteroatoms. The second kappa shape index (κ2) is 5.99. The third-order valence-electron chi connectivity index (χ3n) is 6.25. The van der Waals surface area contributed by atoms with Crippen LogP contribution >= 0.6 is 0 Å². The molecule has 5 aromatic rings. The highest BCUT2D eigenvalue weighted by atomic mass is 15.1. The Morgan fingerprint density at radius 2 is 1.93 bits per heavy atom. The van der Waals surface area contributed by atoms with E-state index >= 15 is 0 Å². The number of fused-ring (bicyclic) bond motifs is 6. The molecule has 0 aliphatic carbocycles. The summed E-state index contributed by atoms with van der Waals surface area (Å²) in [6.45, 7) is 1.66. The molecule has 0 amide bonds. The van der Waals surface area contributed by atoms with Gasteiger partial charge in [-0.15, -0.1) is 0 Å². The lowest BCUT2D eigenvalue weighted by atomic mass is 9.96. The lowest BCUT2D eigenvalue weighted by molar-refractivity contribution is -0.662. The quantitative estimate of drug-likeness (QED) is 0.372. The van der Waals surface area contributed by atoms with E-state index in [9.17, 15) is 0 Å². The van der Waals surface area contributed by atoms with Gasteiger partial charge in [-0.05, 0) is 72.2 Å². The van der Waals surface area contributed by atoms with Gasteiger partial charge in [-0.1, -0.05) is 24.3 Å². The number of para-hydroxylation sites is 1. The molecule has 0 spiro atoms. The van der Waals surface area contributed by atoms with E-state index in [1.165, 1.54) is 5.56 Å². The fraction of sp³-hybridized carbons (Fsp3) is 0.192. The van der Waals surface area contributed by atoms with Crippen molar-refractivity contribution in [3.05, 3.63) is 82.9 Å². The molecule has 0 fully saturated rings. The third-order valence-corrected chi connectivity index (χ3v) is 6.25. The van der Waals surface area contributed by atoms with Crippen molar-refractivity contribution in [2.24, 2.45) is 7.05 Å². The van der Waals surface area contributed by atoms with E-state index in [1.807, 2.05) is 37.6 Å². The van der Waals surface area contributed by atoms with Crippen LogP contribution in [0.25, 0.3) is 38.9 Å². The minimum Gasteiger partial charge on any atom is -0.296 e. The van der Waals surface area contributed by atoms with E-state index in [2.05, 4.69) is 45.9 Å². The second-order valence-electron chi connectivity index (χ2n) is 8.19. The normalized spacial score (nSPS) is 14.4. The van der Waals surface area contributed by atoms with E-state index in [0.29, 0.717) is 17.5 Å². The van der Waals surface area contributed by atoms with Crippen molar-refractivity contribution in [2.45, 2.75) is 27.1 Å². The minimum atomic E-state index is -2.29. The molecule has 3 heterocycles. The molecular weight excluding hydrogens is 368 g/mol. The summed E-state index contributed by atoms with van der Waals surface area (Å²) >= 11 is 0. The number of nitrogens with zero attached hydrogens (tertiary/aromatic N) is 4. The molecular formula is C26H23N4+. The van der Waals surface area contributed by atoms with E-state index in [0.717, 1.165) is 50.3 Å². The van der Waals surface area contributed by atoms with Gasteiger partial charge in [-0.25, -0.2) is 9.55 Å². The summed E-state index contributed by atoms with van der Waals surface area (Å²) in [7, 11) is 1.95. The number of benzene rings is 3. The standard InChI is InChI=1S/C26H23N4/c1-15-9-10-19-21(11-15)27-14-29(4)26(19)20-13-23-25(17(3)16(20)2)28-24-12-18-7-5-6-8-22(18)30(23)24/h5-11,13-14H,12H2,1-4H3/q+1/i3D3. The highest BCUT2D eigenvalue weighted by molar-refractivity contribution is 5.96. The zero-order chi connectivity index (χ0) is 23.1. The van der Waals surface area contributed by atoms with Gasteiger partial charge in [-0.2, -0.15) is 0 Å². The molecule has 0 unspecified atom stereocenters. The third kappa shape index (κ3) is 2.25. The molecule has 30 heavy (non-hydrogen) atoms. The first-order valence-corrected chi connectivity index (χ1v) is 10.1. The molecule has 3 aromatic carbocycles. The van der Waals surface area contributed by atoms with Gasteiger partial charge in [0.15, 0.2) is 5.52 Å². The fourth-order valence-electron chi connectivity index (χ4n) is 4.72. The van der Waals surface area contributed by atoms with Crippen LogP contribution in [0.1, 0.15) is 32.2 Å². The van der Waals surface area contributed by atoms with Crippen LogP contribution in [0.3, 0.4) is 0 Å². The predicted octanol–water partition coefficient (Wildman–Crippen LogP) is 4.89. The molecule has 1 aliphatic rings. The van der Waals surface area contributed by atoms with Gasteiger partial charge >= 0.3 is 0 Å². The molecule has 1 aliphatic heterocycles. The lowest BCUT2D eigenvalue weighted by Gasteiger charge is -2.13. The summed E-state index contributed by atoms with van der Waals surface area (Å²) in [5.41, 5.74) is 8.60. The summed E-state index contributed by atoms with van der Waals surface area (Å²) in [5.74, 6) is 0.882. The molecule has 6 rings (SSSR count). The summed E-state index contributed by atoms with van der Waals surface area (Å²) in [6, 6.07) is 16.5. The Kier molecular flexibility index (Phi) is 2.88. The Balaban J connectivity index is 1.77. The summed E-state index contributed by atoms with van der Waals surface area (Å²) in [4.78, 5) is 9.45. The van der Waals surface area contributed by atoms with Crippen molar-refractivity contribution in [1.82, 2.24) is 14.5 Å². The Morgan fingerprint density at radius 3 is 2.80 bits per heavy atom. The molecule has 0 radical (unpaired) electrons. The van der Waals surface area contributed by atoms with E-state index in [-0.39, 0.29) is 0 Å². The number of aromatic nitrogens is 4. The van der Waals surface area contributed by atoms with Crippen LogP contribution in [0.5, 0.6) is 0 Å². The Bertz CT molecular complexity index is 1610. The fourth-order valence-corrected chi connectivity index (χ4v) is 4.72. The highest BCUT2D eigenvalue weighted by Crippen LogP contribution is 2.38. The van der Waals surface area contributed by atoms with E-state index < -0.39 is 6.85 Å². The number of hydrogen-bond donors (Lipinski definition) is 0. The highest BCUT2D eigenvalue weighted by Gasteiger charge is 2.26. The van der Waals surface area contributed by atoms with Crippen molar-refractivity contribution in [3.8, 4) is 16.9 Å². The molecule has 4 nitrogen and oxygen atoms in total. The number of hydrogen-bond acceptors (Lipinski definition) is 2. The predicted molar refractivity (Wildman–Crippen MR) is 120 cm³/mol. The van der Waals surface area contributed by atoms with Gasteiger partial charge in [0.1, 0.15) is 11.5 Å². The Labute approximate surface area is 179 Å². The maximum absolute atomic E-state index is 8.36. The summed E-state index contributed by atoms with van der Waals surface area (Å²) in [5, 5.41) is 0.992. The van der Waals surface area contributed by atoms with Gasteiger partial charge < -0.3 is 0 Å². The topological polar surface area (TPSA) is 34.6 Å². The van der Waals surface area contributed by atoms with Gasteiger partial charge in [0.25, 0.3) is 6.33 Å².